The van der Waals surface area contributed by atoms with Gasteiger partial charge in [-0.25, -0.2) is 13.8 Å². The first kappa shape index (κ1) is 11.7. The number of nitrogens with one attached hydrogen (secondary N) is 1. The lowest BCUT2D eigenvalue weighted by molar-refractivity contribution is 0.588. The van der Waals surface area contributed by atoms with Crippen molar-refractivity contribution in [3.05, 3.63) is 53.6 Å². The van der Waals surface area contributed by atoms with Crippen molar-refractivity contribution < 1.29 is 8.78 Å². The number of hydrogen-bond acceptors (Lipinski definition) is 1. The predicted molar refractivity (Wildman–Crippen MR) is 55.0 cm³/mol. The average molecular weight is 231 g/mol. The van der Waals surface area contributed by atoms with E-state index in [0.29, 0.717) is 12.0 Å². The topological polar surface area (TPSA) is 28.7 Å². The molecule has 2 rings (SSSR count). The van der Waals surface area contributed by atoms with Gasteiger partial charge in [-0.1, -0.05) is 0 Å². The number of imidazole rings is 1. The first-order chi connectivity index (χ1) is 6.75. The van der Waals surface area contributed by atoms with Crippen LogP contribution in [0.25, 0.3) is 0 Å². The zero-order valence-corrected chi connectivity index (χ0v) is 8.52. The summed E-state index contributed by atoms with van der Waals surface area (Å²) in [4.78, 5) is 6.63. The van der Waals surface area contributed by atoms with Gasteiger partial charge in [0.15, 0.2) is 0 Å². The quantitative estimate of drug-likeness (QED) is 0.844. The molecule has 0 amide bonds. The summed E-state index contributed by atoms with van der Waals surface area (Å²) in [7, 11) is 0. The van der Waals surface area contributed by atoms with Crippen LogP contribution in [0.5, 0.6) is 0 Å². The van der Waals surface area contributed by atoms with E-state index >= 15 is 0 Å². The first-order valence-corrected chi connectivity index (χ1v) is 4.17. The fraction of sp³-hybridized carbons (Fsp3) is 0.100. The minimum atomic E-state index is -0.430. The summed E-state index contributed by atoms with van der Waals surface area (Å²) >= 11 is 0. The molecular weight excluding hydrogens is 222 g/mol. The fourth-order valence-corrected chi connectivity index (χ4v) is 1.27. The second-order valence-corrected chi connectivity index (χ2v) is 2.99. The second-order valence-electron chi connectivity index (χ2n) is 2.99. The lowest BCUT2D eigenvalue weighted by atomic mass is 10.1. The maximum atomic E-state index is 13.2. The predicted octanol–water partition coefficient (Wildman–Crippen LogP) is 2.70. The van der Waals surface area contributed by atoms with Crippen molar-refractivity contribution in [2.75, 3.05) is 0 Å². The van der Waals surface area contributed by atoms with Gasteiger partial charge in [-0.05, 0) is 23.8 Å². The molecule has 0 aliphatic carbocycles. The van der Waals surface area contributed by atoms with Crippen LogP contribution in [-0.2, 0) is 6.42 Å². The Bertz CT molecular complexity index is 429. The number of benzene rings is 1. The summed E-state index contributed by atoms with van der Waals surface area (Å²) in [6.45, 7) is 0. The van der Waals surface area contributed by atoms with Crippen LogP contribution in [0.3, 0.4) is 0 Å². The molecule has 1 aromatic carbocycles. The highest BCUT2D eigenvalue weighted by Gasteiger charge is 2.05. The molecule has 0 fully saturated rings. The van der Waals surface area contributed by atoms with E-state index in [1.54, 1.807) is 6.20 Å². The van der Waals surface area contributed by atoms with E-state index in [1.165, 1.54) is 12.4 Å². The van der Waals surface area contributed by atoms with E-state index in [9.17, 15) is 8.78 Å². The Morgan fingerprint density at radius 2 is 2.07 bits per heavy atom. The van der Waals surface area contributed by atoms with Crippen molar-refractivity contribution in [2.24, 2.45) is 0 Å². The number of aromatic nitrogens is 2. The van der Waals surface area contributed by atoms with Gasteiger partial charge in [0.25, 0.3) is 0 Å². The molecule has 0 saturated carbocycles. The molecule has 1 aromatic heterocycles. The third-order valence-electron chi connectivity index (χ3n) is 1.94. The van der Waals surface area contributed by atoms with Crippen molar-refractivity contribution in [1.29, 1.82) is 0 Å². The molecule has 0 bridgehead atoms. The molecule has 0 unspecified atom stereocenters. The molecule has 0 aliphatic rings. The summed E-state index contributed by atoms with van der Waals surface area (Å²) in [5.74, 6) is -0.832. The van der Waals surface area contributed by atoms with Gasteiger partial charge in [0, 0.05) is 18.3 Å². The zero-order chi connectivity index (χ0) is 9.97. The highest BCUT2D eigenvalue weighted by molar-refractivity contribution is 5.85. The summed E-state index contributed by atoms with van der Waals surface area (Å²) in [6.07, 6.45) is 3.42. The molecule has 2 nitrogen and oxygen atoms in total. The van der Waals surface area contributed by atoms with Crippen molar-refractivity contribution in [3.63, 3.8) is 0 Å². The Hall–Kier alpha value is -1.42. The van der Waals surface area contributed by atoms with E-state index in [4.69, 9.17) is 0 Å². The molecule has 0 saturated heterocycles. The number of aromatic amines is 1. The van der Waals surface area contributed by atoms with Gasteiger partial charge in [-0.2, -0.15) is 0 Å². The molecule has 0 radical (unpaired) electrons. The summed E-state index contributed by atoms with van der Waals surface area (Å²) in [5.41, 5.74) is 1.09. The Labute approximate surface area is 91.8 Å². The number of halogens is 3. The maximum Gasteiger partial charge on any atom is 0.126 e. The molecule has 2 aromatic rings. The Balaban J connectivity index is 0.00000112. The van der Waals surface area contributed by atoms with E-state index in [2.05, 4.69) is 9.97 Å². The molecule has 80 valence electrons. The van der Waals surface area contributed by atoms with Crippen LogP contribution in [0.2, 0.25) is 0 Å². The van der Waals surface area contributed by atoms with Crippen LogP contribution in [0.1, 0.15) is 11.3 Å². The minimum Gasteiger partial charge on any atom is -0.348 e. The van der Waals surface area contributed by atoms with Gasteiger partial charge in [0.1, 0.15) is 11.6 Å². The van der Waals surface area contributed by atoms with Gasteiger partial charge in [0.05, 0.1) is 6.33 Å². The summed E-state index contributed by atoms with van der Waals surface area (Å²) in [6, 6.07) is 3.42. The highest BCUT2D eigenvalue weighted by atomic mass is 35.5. The van der Waals surface area contributed by atoms with E-state index in [-0.39, 0.29) is 12.4 Å². The summed E-state index contributed by atoms with van der Waals surface area (Å²) < 4.78 is 25.9. The highest BCUT2D eigenvalue weighted by Crippen LogP contribution is 2.13. The van der Waals surface area contributed by atoms with Crippen LogP contribution in [0, 0.1) is 11.6 Å². The molecule has 0 aliphatic heterocycles. The monoisotopic (exact) mass is 230 g/mol. The molecule has 15 heavy (non-hydrogen) atoms. The maximum absolute atomic E-state index is 13.2. The standard InChI is InChI=1S/C10H8F2N2.ClH/c11-8-1-2-10(12)7(3-8)4-9-5-13-6-14-9;/h1-3,5-6H,4H2,(H,13,14);1H. The number of hydrogen-bond donors (Lipinski definition) is 1. The SMILES string of the molecule is Cl.Fc1ccc(F)c(Cc2cnc[nH]2)c1. The van der Waals surface area contributed by atoms with Gasteiger partial charge in [-0.3, -0.25) is 0 Å². The van der Waals surface area contributed by atoms with Crippen molar-refractivity contribution >= 4 is 12.4 Å². The molecule has 1 N–H and O–H groups in total. The van der Waals surface area contributed by atoms with Gasteiger partial charge in [0.2, 0.25) is 0 Å². The summed E-state index contributed by atoms with van der Waals surface area (Å²) in [5, 5.41) is 0. The number of H-pyrrole nitrogens is 1. The number of rotatable bonds is 2. The van der Waals surface area contributed by atoms with E-state index < -0.39 is 11.6 Å². The van der Waals surface area contributed by atoms with Crippen LogP contribution < -0.4 is 0 Å². The molecular formula is C10H9ClF2N2. The van der Waals surface area contributed by atoms with Crippen LogP contribution in [0.15, 0.2) is 30.7 Å². The minimum absolute atomic E-state index is 0. The Morgan fingerprint density at radius 1 is 1.27 bits per heavy atom. The van der Waals surface area contributed by atoms with E-state index in [1.807, 2.05) is 0 Å². The third-order valence-corrected chi connectivity index (χ3v) is 1.94. The number of nitrogens with zero attached hydrogens (tertiary/aromatic N) is 1. The Morgan fingerprint density at radius 3 is 2.73 bits per heavy atom. The third kappa shape index (κ3) is 2.76. The van der Waals surface area contributed by atoms with E-state index in [0.717, 1.165) is 17.8 Å². The van der Waals surface area contributed by atoms with Crippen molar-refractivity contribution in [1.82, 2.24) is 9.97 Å². The second kappa shape index (κ2) is 4.89. The van der Waals surface area contributed by atoms with Crippen LogP contribution >= 0.6 is 12.4 Å². The zero-order valence-electron chi connectivity index (χ0n) is 7.71. The van der Waals surface area contributed by atoms with Gasteiger partial charge < -0.3 is 4.98 Å². The fourth-order valence-electron chi connectivity index (χ4n) is 1.27. The largest absolute Gasteiger partial charge is 0.348 e. The van der Waals surface area contributed by atoms with Crippen molar-refractivity contribution in [2.45, 2.75) is 6.42 Å². The normalized spacial score (nSPS) is 9.73. The van der Waals surface area contributed by atoms with Gasteiger partial charge in [-0.15, -0.1) is 12.4 Å². The average Bonchev–Trinajstić information content (AvgIpc) is 2.64. The lowest BCUT2D eigenvalue weighted by Crippen LogP contribution is -1.93. The van der Waals surface area contributed by atoms with Gasteiger partial charge >= 0.3 is 0 Å². The molecule has 0 spiro atoms. The van der Waals surface area contributed by atoms with Crippen LogP contribution in [0.4, 0.5) is 8.78 Å². The molecule has 0 atom stereocenters. The first-order valence-electron chi connectivity index (χ1n) is 4.17. The molecule has 1 heterocycles. The lowest BCUT2D eigenvalue weighted by Gasteiger charge is -2.00. The van der Waals surface area contributed by atoms with Crippen molar-refractivity contribution in [3.8, 4) is 0 Å². The van der Waals surface area contributed by atoms with Crippen LogP contribution in [-0.4, -0.2) is 9.97 Å². The smallest absolute Gasteiger partial charge is 0.126 e. The molecule has 5 heteroatoms. The Kier molecular flexibility index (Phi) is 3.80.